The summed E-state index contributed by atoms with van der Waals surface area (Å²) < 4.78 is 5.22. The van der Waals surface area contributed by atoms with E-state index < -0.39 is 5.41 Å². The average molecular weight is 201 g/mol. The fourth-order valence-corrected chi connectivity index (χ4v) is 1.66. The monoisotopic (exact) mass is 201 g/mol. The summed E-state index contributed by atoms with van der Waals surface area (Å²) in [5, 5.41) is 2.79. The number of carbonyl (C=O) groups excluding carboxylic acids is 1. The van der Waals surface area contributed by atoms with Crippen LogP contribution in [-0.4, -0.2) is 38.8 Å². The van der Waals surface area contributed by atoms with Gasteiger partial charge in [0.1, 0.15) is 0 Å². The molecule has 1 aliphatic heterocycles. The summed E-state index contributed by atoms with van der Waals surface area (Å²) >= 11 is 0. The first-order valence-corrected chi connectivity index (χ1v) is 5.01. The lowest BCUT2D eigenvalue weighted by atomic mass is 9.79. The molecule has 5 nitrogen and oxygen atoms in total. The van der Waals surface area contributed by atoms with E-state index in [9.17, 15) is 4.79 Å². The molecule has 0 aromatic carbocycles. The third-order valence-electron chi connectivity index (χ3n) is 2.75. The highest BCUT2D eigenvalue weighted by atomic mass is 16.5. The van der Waals surface area contributed by atoms with E-state index in [0.29, 0.717) is 45.7 Å². The molecule has 0 spiro atoms. The van der Waals surface area contributed by atoms with Gasteiger partial charge in [0.05, 0.1) is 5.41 Å². The second-order valence-corrected chi connectivity index (χ2v) is 3.64. The summed E-state index contributed by atoms with van der Waals surface area (Å²) in [5.74, 6) is 0.0220. The molecular weight excluding hydrogens is 182 g/mol. The molecule has 0 bridgehead atoms. The van der Waals surface area contributed by atoms with Gasteiger partial charge in [0.25, 0.3) is 0 Å². The molecule has 1 rings (SSSR count). The Kier molecular flexibility index (Phi) is 4.31. The second kappa shape index (κ2) is 5.29. The number of rotatable bonds is 4. The van der Waals surface area contributed by atoms with E-state index in [1.165, 1.54) is 0 Å². The van der Waals surface area contributed by atoms with Crippen LogP contribution in [0.15, 0.2) is 0 Å². The SMILES string of the molecule is NCCNC(=O)C1(CN)CCOCC1. The van der Waals surface area contributed by atoms with Crippen molar-refractivity contribution in [2.45, 2.75) is 12.8 Å². The molecule has 1 fully saturated rings. The molecule has 82 valence electrons. The van der Waals surface area contributed by atoms with E-state index in [1.54, 1.807) is 0 Å². The Morgan fingerprint density at radius 1 is 1.36 bits per heavy atom. The molecule has 1 amide bonds. The Labute approximate surface area is 84.2 Å². The maximum absolute atomic E-state index is 11.8. The van der Waals surface area contributed by atoms with Crippen LogP contribution in [0.3, 0.4) is 0 Å². The van der Waals surface area contributed by atoms with Crippen LogP contribution in [0.1, 0.15) is 12.8 Å². The maximum atomic E-state index is 11.8. The first-order valence-electron chi connectivity index (χ1n) is 5.01. The second-order valence-electron chi connectivity index (χ2n) is 3.64. The summed E-state index contributed by atoms with van der Waals surface area (Å²) in [6.45, 7) is 2.59. The number of carbonyl (C=O) groups is 1. The van der Waals surface area contributed by atoms with E-state index in [2.05, 4.69) is 5.32 Å². The van der Waals surface area contributed by atoms with Crippen LogP contribution >= 0.6 is 0 Å². The minimum Gasteiger partial charge on any atom is -0.381 e. The number of hydrogen-bond acceptors (Lipinski definition) is 4. The minimum absolute atomic E-state index is 0.0220. The molecule has 1 aliphatic rings. The van der Waals surface area contributed by atoms with Gasteiger partial charge in [0, 0.05) is 32.8 Å². The summed E-state index contributed by atoms with van der Waals surface area (Å²) in [6.07, 6.45) is 1.42. The van der Waals surface area contributed by atoms with Crippen molar-refractivity contribution in [2.75, 3.05) is 32.8 Å². The van der Waals surface area contributed by atoms with Crippen LogP contribution in [0.5, 0.6) is 0 Å². The number of nitrogens with two attached hydrogens (primary N) is 2. The fraction of sp³-hybridized carbons (Fsp3) is 0.889. The lowest BCUT2D eigenvalue weighted by Crippen LogP contribution is -2.50. The zero-order valence-corrected chi connectivity index (χ0v) is 8.42. The van der Waals surface area contributed by atoms with Crippen LogP contribution in [0.2, 0.25) is 0 Å². The summed E-state index contributed by atoms with van der Waals surface area (Å²) in [5.41, 5.74) is 10.6. The van der Waals surface area contributed by atoms with Crippen LogP contribution in [0.25, 0.3) is 0 Å². The molecule has 14 heavy (non-hydrogen) atoms. The Morgan fingerprint density at radius 3 is 2.50 bits per heavy atom. The van der Waals surface area contributed by atoms with Gasteiger partial charge in [-0.2, -0.15) is 0 Å². The molecule has 0 radical (unpaired) electrons. The highest BCUT2D eigenvalue weighted by Crippen LogP contribution is 2.29. The predicted molar refractivity (Wildman–Crippen MR) is 53.6 cm³/mol. The van der Waals surface area contributed by atoms with Gasteiger partial charge in [-0.25, -0.2) is 0 Å². The Hall–Kier alpha value is -0.650. The first kappa shape index (κ1) is 11.4. The van der Waals surface area contributed by atoms with Crippen LogP contribution < -0.4 is 16.8 Å². The van der Waals surface area contributed by atoms with E-state index in [0.717, 1.165) is 0 Å². The van der Waals surface area contributed by atoms with Gasteiger partial charge in [-0.05, 0) is 12.8 Å². The maximum Gasteiger partial charge on any atom is 0.227 e. The quantitative estimate of drug-likeness (QED) is 0.534. The molecule has 0 saturated carbocycles. The van der Waals surface area contributed by atoms with Crippen molar-refractivity contribution < 1.29 is 9.53 Å². The van der Waals surface area contributed by atoms with Gasteiger partial charge in [-0.1, -0.05) is 0 Å². The third kappa shape index (κ3) is 2.43. The average Bonchev–Trinajstić information content (AvgIpc) is 2.26. The molecule has 0 aromatic heterocycles. The number of hydrogen-bond donors (Lipinski definition) is 3. The minimum atomic E-state index is -0.423. The van der Waals surface area contributed by atoms with Gasteiger partial charge in [0.2, 0.25) is 5.91 Å². The Morgan fingerprint density at radius 2 is 2.00 bits per heavy atom. The Bertz CT molecular complexity index is 190. The van der Waals surface area contributed by atoms with Crippen molar-refractivity contribution >= 4 is 5.91 Å². The standard InChI is InChI=1S/C9H19N3O2/c10-3-4-12-8(13)9(7-11)1-5-14-6-2-9/h1-7,10-11H2,(H,12,13). The first-order chi connectivity index (χ1) is 6.75. The largest absolute Gasteiger partial charge is 0.381 e. The molecule has 0 aromatic rings. The fourth-order valence-electron chi connectivity index (χ4n) is 1.66. The molecular formula is C9H19N3O2. The summed E-state index contributed by atoms with van der Waals surface area (Å²) in [6, 6.07) is 0. The van der Waals surface area contributed by atoms with Crippen molar-refractivity contribution in [1.82, 2.24) is 5.32 Å². The van der Waals surface area contributed by atoms with E-state index >= 15 is 0 Å². The molecule has 0 unspecified atom stereocenters. The normalized spacial score (nSPS) is 20.4. The van der Waals surface area contributed by atoms with Gasteiger partial charge >= 0.3 is 0 Å². The van der Waals surface area contributed by atoms with Gasteiger partial charge in [-0.3, -0.25) is 4.79 Å². The summed E-state index contributed by atoms with van der Waals surface area (Å²) in [4.78, 5) is 11.8. The molecule has 1 saturated heterocycles. The van der Waals surface area contributed by atoms with E-state index in [4.69, 9.17) is 16.2 Å². The predicted octanol–water partition coefficient (Wildman–Crippen LogP) is -1.18. The number of amides is 1. The topological polar surface area (TPSA) is 90.4 Å². The smallest absolute Gasteiger partial charge is 0.227 e. The van der Waals surface area contributed by atoms with E-state index in [1.807, 2.05) is 0 Å². The highest BCUT2D eigenvalue weighted by molar-refractivity contribution is 5.83. The van der Waals surface area contributed by atoms with Crippen molar-refractivity contribution in [2.24, 2.45) is 16.9 Å². The lowest BCUT2D eigenvalue weighted by molar-refractivity contribution is -0.135. The molecule has 1 heterocycles. The molecule has 5 heteroatoms. The molecule has 5 N–H and O–H groups in total. The molecule has 0 atom stereocenters. The van der Waals surface area contributed by atoms with Gasteiger partial charge in [0.15, 0.2) is 0 Å². The lowest BCUT2D eigenvalue weighted by Gasteiger charge is -2.34. The number of nitrogens with one attached hydrogen (secondary N) is 1. The number of ether oxygens (including phenoxy) is 1. The zero-order chi connectivity index (χ0) is 10.4. The Balaban J connectivity index is 2.53. The van der Waals surface area contributed by atoms with Crippen LogP contribution in [-0.2, 0) is 9.53 Å². The van der Waals surface area contributed by atoms with Crippen LogP contribution in [0.4, 0.5) is 0 Å². The zero-order valence-electron chi connectivity index (χ0n) is 8.42. The third-order valence-corrected chi connectivity index (χ3v) is 2.75. The summed E-state index contributed by atoms with van der Waals surface area (Å²) in [7, 11) is 0. The van der Waals surface area contributed by atoms with Gasteiger partial charge < -0.3 is 21.5 Å². The van der Waals surface area contributed by atoms with E-state index in [-0.39, 0.29) is 5.91 Å². The molecule has 0 aliphatic carbocycles. The van der Waals surface area contributed by atoms with Gasteiger partial charge in [-0.15, -0.1) is 0 Å². The van der Waals surface area contributed by atoms with Crippen LogP contribution in [0, 0.1) is 5.41 Å². The van der Waals surface area contributed by atoms with Crippen molar-refractivity contribution in [1.29, 1.82) is 0 Å². The van der Waals surface area contributed by atoms with Crippen molar-refractivity contribution in [3.8, 4) is 0 Å². The highest BCUT2D eigenvalue weighted by Gasteiger charge is 2.38. The van der Waals surface area contributed by atoms with Crippen molar-refractivity contribution in [3.63, 3.8) is 0 Å². The van der Waals surface area contributed by atoms with Crippen molar-refractivity contribution in [3.05, 3.63) is 0 Å².